The summed E-state index contributed by atoms with van der Waals surface area (Å²) in [5.41, 5.74) is 0.699. The first-order valence-corrected chi connectivity index (χ1v) is 4.70. The van der Waals surface area contributed by atoms with Crippen LogP contribution >= 0.6 is 11.6 Å². The maximum atomic E-state index is 11.8. The van der Waals surface area contributed by atoms with Gasteiger partial charge in [0.25, 0.3) is 0 Å². The van der Waals surface area contributed by atoms with Crippen LogP contribution in [0.1, 0.15) is 0 Å². The van der Waals surface area contributed by atoms with Gasteiger partial charge in [0.1, 0.15) is 5.75 Å². The molecule has 0 amide bonds. The molecule has 15 heavy (non-hydrogen) atoms. The number of hydrogen-bond acceptors (Lipinski definition) is 2. The summed E-state index contributed by atoms with van der Waals surface area (Å²) in [6, 6.07) is 5.47. The smallest absolute Gasteiger partial charge is 0.406 e. The van der Waals surface area contributed by atoms with Crippen LogP contribution in [0.2, 0.25) is 0 Å². The van der Waals surface area contributed by atoms with E-state index in [0.717, 1.165) is 0 Å². The zero-order chi connectivity index (χ0) is 11.3. The standard InChI is InChI=1S/C9H9ClF3NO/c10-5-6-14-7-1-3-8(4-2-7)15-9(11,12)13/h1-4,14H,5-6H2. The van der Waals surface area contributed by atoms with Gasteiger partial charge in [0, 0.05) is 18.1 Å². The highest BCUT2D eigenvalue weighted by molar-refractivity contribution is 6.18. The number of ether oxygens (including phenoxy) is 1. The molecule has 0 aliphatic heterocycles. The summed E-state index contributed by atoms with van der Waals surface area (Å²) in [6.45, 7) is 0.557. The molecule has 0 saturated heterocycles. The van der Waals surface area contributed by atoms with E-state index in [9.17, 15) is 13.2 Å². The minimum atomic E-state index is -4.65. The molecule has 1 aromatic carbocycles. The summed E-state index contributed by atoms with van der Waals surface area (Å²) < 4.78 is 39.1. The van der Waals surface area contributed by atoms with Gasteiger partial charge in [0.2, 0.25) is 0 Å². The first-order valence-electron chi connectivity index (χ1n) is 4.17. The molecule has 1 N–H and O–H groups in total. The lowest BCUT2D eigenvalue weighted by molar-refractivity contribution is -0.274. The Bertz CT molecular complexity index is 299. The van der Waals surface area contributed by atoms with E-state index >= 15 is 0 Å². The van der Waals surface area contributed by atoms with Gasteiger partial charge < -0.3 is 10.1 Å². The van der Waals surface area contributed by atoms with Crippen LogP contribution in [0.25, 0.3) is 0 Å². The molecule has 0 unspecified atom stereocenters. The zero-order valence-electron chi connectivity index (χ0n) is 7.64. The Kier molecular flexibility index (Phi) is 4.08. The van der Waals surface area contributed by atoms with Gasteiger partial charge in [-0.3, -0.25) is 0 Å². The molecule has 0 aliphatic rings. The molecule has 0 aromatic heterocycles. The van der Waals surface area contributed by atoms with Crippen molar-refractivity contribution >= 4 is 17.3 Å². The molecule has 0 heterocycles. The van der Waals surface area contributed by atoms with E-state index in [-0.39, 0.29) is 5.75 Å². The van der Waals surface area contributed by atoms with E-state index in [1.54, 1.807) is 0 Å². The van der Waals surface area contributed by atoms with Crippen LogP contribution in [0, 0.1) is 0 Å². The molecule has 0 fully saturated rings. The average Bonchev–Trinajstić information content (AvgIpc) is 2.14. The Morgan fingerprint density at radius 1 is 1.20 bits per heavy atom. The molecule has 1 aromatic rings. The lowest BCUT2D eigenvalue weighted by Gasteiger charge is -2.09. The number of anilines is 1. The van der Waals surface area contributed by atoms with Crippen LogP contribution in [0.3, 0.4) is 0 Å². The molecule has 84 valence electrons. The minimum Gasteiger partial charge on any atom is -0.406 e. The summed E-state index contributed by atoms with van der Waals surface area (Å²) >= 11 is 5.43. The van der Waals surface area contributed by atoms with Crippen molar-refractivity contribution in [3.8, 4) is 5.75 Å². The molecule has 0 atom stereocenters. The van der Waals surface area contributed by atoms with E-state index in [0.29, 0.717) is 18.1 Å². The van der Waals surface area contributed by atoms with Crippen molar-refractivity contribution in [3.05, 3.63) is 24.3 Å². The molecule has 6 heteroatoms. The molecular weight excluding hydrogens is 231 g/mol. The van der Waals surface area contributed by atoms with Crippen LogP contribution in [-0.4, -0.2) is 18.8 Å². The molecule has 0 aliphatic carbocycles. The largest absolute Gasteiger partial charge is 0.573 e. The van der Waals surface area contributed by atoms with Gasteiger partial charge in [0.05, 0.1) is 0 Å². The third kappa shape index (κ3) is 4.78. The summed E-state index contributed by atoms with van der Waals surface area (Å²) in [7, 11) is 0. The van der Waals surface area contributed by atoms with Gasteiger partial charge in [-0.25, -0.2) is 0 Å². The Morgan fingerprint density at radius 3 is 2.27 bits per heavy atom. The second-order valence-electron chi connectivity index (χ2n) is 2.69. The Morgan fingerprint density at radius 2 is 1.80 bits per heavy atom. The number of halogens is 4. The fourth-order valence-corrected chi connectivity index (χ4v) is 1.06. The predicted molar refractivity (Wildman–Crippen MR) is 52.3 cm³/mol. The van der Waals surface area contributed by atoms with Gasteiger partial charge in [-0.2, -0.15) is 0 Å². The van der Waals surface area contributed by atoms with Gasteiger partial charge in [-0.1, -0.05) is 0 Å². The van der Waals surface area contributed by atoms with Crippen LogP contribution in [0.5, 0.6) is 5.75 Å². The highest BCUT2D eigenvalue weighted by atomic mass is 35.5. The summed E-state index contributed by atoms with van der Waals surface area (Å²) in [5, 5.41) is 2.92. The number of alkyl halides is 4. The number of benzene rings is 1. The Balaban J connectivity index is 2.56. The van der Waals surface area contributed by atoms with Crippen molar-refractivity contribution in [2.24, 2.45) is 0 Å². The minimum absolute atomic E-state index is 0.237. The molecule has 0 spiro atoms. The second-order valence-corrected chi connectivity index (χ2v) is 3.07. The highest BCUT2D eigenvalue weighted by Crippen LogP contribution is 2.23. The zero-order valence-corrected chi connectivity index (χ0v) is 8.40. The number of hydrogen-bond donors (Lipinski definition) is 1. The maximum Gasteiger partial charge on any atom is 0.573 e. The third-order valence-corrected chi connectivity index (χ3v) is 1.70. The van der Waals surface area contributed by atoms with E-state index in [1.807, 2.05) is 0 Å². The van der Waals surface area contributed by atoms with Crippen LogP contribution in [0.4, 0.5) is 18.9 Å². The molecule has 0 radical (unpaired) electrons. The molecule has 0 saturated carbocycles. The van der Waals surface area contributed by atoms with Crippen LogP contribution in [-0.2, 0) is 0 Å². The van der Waals surface area contributed by atoms with Gasteiger partial charge in [0.15, 0.2) is 0 Å². The van der Waals surface area contributed by atoms with Crippen LogP contribution < -0.4 is 10.1 Å². The van der Waals surface area contributed by atoms with Gasteiger partial charge in [-0.05, 0) is 24.3 Å². The monoisotopic (exact) mass is 239 g/mol. The fourth-order valence-electron chi connectivity index (χ4n) is 0.966. The second kappa shape index (κ2) is 5.11. The highest BCUT2D eigenvalue weighted by Gasteiger charge is 2.30. The van der Waals surface area contributed by atoms with Crippen LogP contribution in [0.15, 0.2) is 24.3 Å². The molecule has 0 bridgehead atoms. The SMILES string of the molecule is FC(F)(F)Oc1ccc(NCCCl)cc1. The summed E-state index contributed by atoms with van der Waals surface area (Å²) in [5.74, 6) is 0.194. The lowest BCUT2D eigenvalue weighted by Crippen LogP contribution is -2.17. The van der Waals surface area contributed by atoms with Gasteiger partial charge >= 0.3 is 6.36 Å². The van der Waals surface area contributed by atoms with Crippen molar-refractivity contribution in [2.75, 3.05) is 17.7 Å². The quantitative estimate of drug-likeness (QED) is 0.815. The molecular formula is C9H9ClF3NO. The average molecular weight is 240 g/mol. The van der Waals surface area contributed by atoms with E-state index in [2.05, 4.69) is 10.1 Å². The predicted octanol–water partition coefficient (Wildman–Crippen LogP) is 3.24. The van der Waals surface area contributed by atoms with Crippen molar-refractivity contribution in [2.45, 2.75) is 6.36 Å². The Labute approximate surface area is 90.0 Å². The van der Waals surface area contributed by atoms with E-state index < -0.39 is 6.36 Å². The van der Waals surface area contributed by atoms with E-state index in [4.69, 9.17) is 11.6 Å². The fraction of sp³-hybridized carbons (Fsp3) is 0.333. The maximum absolute atomic E-state index is 11.8. The van der Waals surface area contributed by atoms with Crippen molar-refractivity contribution in [3.63, 3.8) is 0 Å². The van der Waals surface area contributed by atoms with Gasteiger partial charge in [-0.15, -0.1) is 24.8 Å². The normalized spacial score (nSPS) is 11.2. The number of rotatable bonds is 4. The first-order chi connectivity index (χ1) is 7.01. The third-order valence-electron chi connectivity index (χ3n) is 1.51. The van der Waals surface area contributed by atoms with Crippen molar-refractivity contribution in [1.29, 1.82) is 0 Å². The Hall–Kier alpha value is -1.10. The number of nitrogens with one attached hydrogen (secondary N) is 1. The van der Waals surface area contributed by atoms with Crippen molar-refractivity contribution < 1.29 is 17.9 Å². The first kappa shape index (κ1) is 12.0. The molecule has 2 nitrogen and oxygen atoms in total. The van der Waals surface area contributed by atoms with Crippen molar-refractivity contribution in [1.82, 2.24) is 0 Å². The summed E-state index contributed by atoms with van der Waals surface area (Å²) in [6.07, 6.45) is -4.65. The van der Waals surface area contributed by atoms with E-state index in [1.165, 1.54) is 24.3 Å². The summed E-state index contributed by atoms with van der Waals surface area (Å²) in [4.78, 5) is 0. The topological polar surface area (TPSA) is 21.3 Å². The molecule has 1 rings (SSSR count). The lowest BCUT2D eigenvalue weighted by atomic mass is 10.3.